The summed E-state index contributed by atoms with van der Waals surface area (Å²) in [5.41, 5.74) is 5.95. The average molecular weight is 265 g/mol. The van der Waals surface area contributed by atoms with Gasteiger partial charge >= 0.3 is 0 Å². The van der Waals surface area contributed by atoms with E-state index in [1.165, 1.54) is 4.90 Å². The van der Waals surface area contributed by atoms with Crippen LogP contribution in [-0.4, -0.2) is 41.5 Å². The number of para-hydroxylation sites is 1. The molecule has 0 fully saturated rings. The zero-order chi connectivity index (χ0) is 14.4. The number of ether oxygens (including phenoxy) is 1. The minimum atomic E-state index is -0.507. The minimum absolute atomic E-state index is 0.0234. The molecule has 1 amide bonds. The zero-order valence-corrected chi connectivity index (χ0v) is 11.3. The van der Waals surface area contributed by atoms with Crippen molar-refractivity contribution in [1.29, 1.82) is 0 Å². The molecule has 1 aromatic rings. The number of hydrogen-bond donors (Lipinski definition) is 2. The second kappa shape index (κ2) is 6.63. The van der Waals surface area contributed by atoms with E-state index in [4.69, 9.17) is 15.7 Å². The smallest absolute Gasteiger partial charge is 0.257 e. The number of hydrogen-bond acceptors (Lipinski definition) is 4. The van der Waals surface area contributed by atoms with Gasteiger partial charge in [0.15, 0.2) is 5.84 Å². The Labute approximate surface area is 112 Å². The van der Waals surface area contributed by atoms with Crippen LogP contribution in [0.4, 0.5) is 0 Å². The Morgan fingerprint density at radius 3 is 2.74 bits per heavy atom. The van der Waals surface area contributed by atoms with Crippen LogP contribution in [-0.2, 0) is 0 Å². The van der Waals surface area contributed by atoms with Crippen molar-refractivity contribution < 1.29 is 14.7 Å². The Balaban J connectivity index is 3.00. The lowest BCUT2D eigenvalue weighted by Gasteiger charge is -2.24. The van der Waals surface area contributed by atoms with Gasteiger partial charge in [-0.05, 0) is 26.0 Å². The number of carbonyl (C=O) groups is 1. The van der Waals surface area contributed by atoms with Crippen LogP contribution in [0, 0.1) is 0 Å². The number of amidine groups is 1. The number of rotatable bonds is 5. The molecule has 0 aliphatic heterocycles. The number of oxime groups is 1. The SMILES string of the molecule is CCOc1ccccc1C(=O)N(C)C(C)C(N)=NO. The second-order valence-corrected chi connectivity index (χ2v) is 4.05. The van der Waals surface area contributed by atoms with Crippen molar-refractivity contribution in [2.24, 2.45) is 10.9 Å². The summed E-state index contributed by atoms with van der Waals surface area (Å²) in [5, 5.41) is 11.6. The number of carbonyl (C=O) groups excluding carboxylic acids is 1. The molecule has 1 aromatic carbocycles. The number of benzene rings is 1. The first-order valence-corrected chi connectivity index (χ1v) is 5.99. The van der Waals surface area contributed by atoms with Crippen molar-refractivity contribution in [3.63, 3.8) is 0 Å². The van der Waals surface area contributed by atoms with Gasteiger partial charge in [0.25, 0.3) is 5.91 Å². The van der Waals surface area contributed by atoms with E-state index in [9.17, 15) is 4.79 Å². The molecule has 6 nitrogen and oxygen atoms in total. The Kier molecular flexibility index (Phi) is 5.17. The van der Waals surface area contributed by atoms with E-state index in [1.54, 1.807) is 38.2 Å². The van der Waals surface area contributed by atoms with E-state index in [0.717, 1.165) is 0 Å². The highest BCUT2D eigenvalue weighted by atomic mass is 16.5. The number of nitrogens with two attached hydrogens (primary N) is 1. The molecule has 3 N–H and O–H groups in total. The maximum Gasteiger partial charge on any atom is 0.257 e. The monoisotopic (exact) mass is 265 g/mol. The van der Waals surface area contributed by atoms with Gasteiger partial charge in [-0.2, -0.15) is 0 Å². The summed E-state index contributed by atoms with van der Waals surface area (Å²) in [6.07, 6.45) is 0. The molecule has 6 heteroatoms. The van der Waals surface area contributed by atoms with Crippen LogP contribution < -0.4 is 10.5 Å². The first-order chi connectivity index (χ1) is 9.02. The van der Waals surface area contributed by atoms with Crippen molar-refractivity contribution in [3.05, 3.63) is 29.8 Å². The van der Waals surface area contributed by atoms with E-state index >= 15 is 0 Å². The molecule has 1 atom stereocenters. The van der Waals surface area contributed by atoms with Crippen molar-refractivity contribution >= 4 is 11.7 Å². The van der Waals surface area contributed by atoms with Crippen LogP contribution in [0.25, 0.3) is 0 Å². The summed E-state index contributed by atoms with van der Waals surface area (Å²) in [7, 11) is 1.59. The fourth-order valence-corrected chi connectivity index (χ4v) is 1.57. The van der Waals surface area contributed by atoms with Crippen molar-refractivity contribution in [3.8, 4) is 5.75 Å². The second-order valence-electron chi connectivity index (χ2n) is 4.05. The highest BCUT2D eigenvalue weighted by molar-refractivity contribution is 5.99. The Morgan fingerprint density at radius 2 is 2.16 bits per heavy atom. The highest BCUT2D eigenvalue weighted by Crippen LogP contribution is 2.20. The largest absolute Gasteiger partial charge is 0.493 e. The topological polar surface area (TPSA) is 88.2 Å². The lowest BCUT2D eigenvalue weighted by atomic mass is 10.1. The first kappa shape index (κ1) is 14.8. The standard InChI is InChI=1S/C13H19N3O3/c1-4-19-11-8-6-5-7-10(11)13(17)16(3)9(2)12(14)15-18/h5-9,18H,4H2,1-3H3,(H2,14,15). The molecule has 0 aliphatic carbocycles. The van der Waals surface area contributed by atoms with Crippen LogP contribution >= 0.6 is 0 Å². The van der Waals surface area contributed by atoms with E-state index in [1.807, 2.05) is 6.92 Å². The fraction of sp³-hybridized carbons (Fsp3) is 0.385. The van der Waals surface area contributed by atoms with Gasteiger partial charge in [0, 0.05) is 7.05 Å². The number of nitrogens with zero attached hydrogens (tertiary/aromatic N) is 2. The highest BCUT2D eigenvalue weighted by Gasteiger charge is 2.22. The molecule has 19 heavy (non-hydrogen) atoms. The van der Waals surface area contributed by atoms with E-state index < -0.39 is 6.04 Å². The van der Waals surface area contributed by atoms with Gasteiger partial charge in [-0.25, -0.2) is 0 Å². The maximum atomic E-state index is 12.4. The van der Waals surface area contributed by atoms with Crippen LogP contribution in [0.1, 0.15) is 24.2 Å². The summed E-state index contributed by atoms with van der Waals surface area (Å²) in [6.45, 7) is 4.00. The van der Waals surface area contributed by atoms with Crippen LogP contribution in [0.3, 0.4) is 0 Å². The molecular formula is C13H19N3O3. The van der Waals surface area contributed by atoms with Crippen LogP contribution in [0.5, 0.6) is 5.75 Å². The summed E-state index contributed by atoms with van der Waals surface area (Å²) >= 11 is 0. The lowest BCUT2D eigenvalue weighted by Crippen LogP contribution is -2.43. The molecular weight excluding hydrogens is 246 g/mol. The van der Waals surface area contributed by atoms with Gasteiger partial charge in [0.05, 0.1) is 18.2 Å². The third-order valence-corrected chi connectivity index (χ3v) is 2.86. The fourth-order valence-electron chi connectivity index (χ4n) is 1.57. The number of amides is 1. The Morgan fingerprint density at radius 1 is 1.53 bits per heavy atom. The minimum Gasteiger partial charge on any atom is -0.493 e. The van der Waals surface area contributed by atoms with Crippen LogP contribution in [0.2, 0.25) is 0 Å². The summed E-state index contributed by atoms with van der Waals surface area (Å²) in [5.74, 6) is 0.251. The third-order valence-electron chi connectivity index (χ3n) is 2.86. The van der Waals surface area contributed by atoms with Gasteiger partial charge in [-0.3, -0.25) is 4.79 Å². The molecule has 1 unspecified atom stereocenters. The summed E-state index contributed by atoms with van der Waals surface area (Å²) in [6, 6.07) is 6.47. The molecule has 0 saturated carbocycles. The molecule has 0 saturated heterocycles. The molecule has 0 bridgehead atoms. The zero-order valence-electron chi connectivity index (χ0n) is 11.3. The lowest BCUT2D eigenvalue weighted by molar-refractivity contribution is 0.0772. The van der Waals surface area contributed by atoms with Crippen molar-refractivity contribution in [2.45, 2.75) is 19.9 Å². The van der Waals surface area contributed by atoms with Gasteiger partial charge in [-0.15, -0.1) is 0 Å². The van der Waals surface area contributed by atoms with E-state index in [0.29, 0.717) is 17.9 Å². The van der Waals surface area contributed by atoms with Gasteiger partial charge in [-0.1, -0.05) is 17.3 Å². The molecule has 1 rings (SSSR count). The average Bonchev–Trinajstić information content (AvgIpc) is 2.45. The molecule has 0 radical (unpaired) electrons. The molecule has 0 aromatic heterocycles. The van der Waals surface area contributed by atoms with Crippen molar-refractivity contribution in [1.82, 2.24) is 4.90 Å². The summed E-state index contributed by atoms with van der Waals surface area (Å²) < 4.78 is 5.42. The third kappa shape index (κ3) is 3.37. The molecule has 0 aliphatic rings. The molecule has 0 heterocycles. The van der Waals surface area contributed by atoms with Gasteiger partial charge in [0.2, 0.25) is 0 Å². The number of likely N-dealkylation sites (N-methyl/N-ethyl adjacent to an activating group) is 1. The molecule has 0 spiro atoms. The normalized spacial score (nSPS) is 12.9. The Bertz CT molecular complexity index is 474. The van der Waals surface area contributed by atoms with Crippen molar-refractivity contribution in [2.75, 3.05) is 13.7 Å². The van der Waals surface area contributed by atoms with E-state index in [-0.39, 0.29) is 11.7 Å². The molecule has 104 valence electrons. The summed E-state index contributed by atoms with van der Waals surface area (Å²) in [4.78, 5) is 13.8. The predicted molar refractivity (Wildman–Crippen MR) is 72.6 cm³/mol. The maximum absolute atomic E-state index is 12.4. The van der Waals surface area contributed by atoms with Gasteiger partial charge in [0.1, 0.15) is 5.75 Å². The first-order valence-electron chi connectivity index (χ1n) is 5.99. The van der Waals surface area contributed by atoms with Gasteiger partial charge < -0.3 is 20.6 Å². The Hall–Kier alpha value is -2.24. The van der Waals surface area contributed by atoms with Crippen LogP contribution in [0.15, 0.2) is 29.4 Å². The van der Waals surface area contributed by atoms with E-state index in [2.05, 4.69) is 5.16 Å². The predicted octanol–water partition coefficient (Wildman–Crippen LogP) is 1.29. The quantitative estimate of drug-likeness (QED) is 0.363.